The van der Waals surface area contributed by atoms with Crippen molar-refractivity contribution in [2.75, 3.05) is 12.0 Å². The van der Waals surface area contributed by atoms with Crippen LogP contribution in [-0.2, 0) is 4.79 Å². The minimum Gasteiger partial charge on any atom is -0.503 e. The third-order valence-corrected chi connectivity index (χ3v) is 5.96. The van der Waals surface area contributed by atoms with E-state index in [9.17, 15) is 14.7 Å². The average Bonchev–Trinajstić information content (AvgIpc) is 3.50. The summed E-state index contributed by atoms with van der Waals surface area (Å²) in [6.07, 6.45) is 3.11. The summed E-state index contributed by atoms with van der Waals surface area (Å²) >= 11 is 1.18. The number of furan rings is 1. The maximum absolute atomic E-state index is 13.6. The summed E-state index contributed by atoms with van der Waals surface area (Å²) < 4.78 is 11.1. The maximum atomic E-state index is 13.6. The van der Waals surface area contributed by atoms with Gasteiger partial charge in [-0.3, -0.25) is 19.5 Å². The molecule has 1 aliphatic heterocycles. The fraction of sp³-hybridized carbons (Fsp3) is 0.136. The number of rotatable bonds is 5. The van der Waals surface area contributed by atoms with E-state index < -0.39 is 23.5 Å². The van der Waals surface area contributed by atoms with Crippen molar-refractivity contribution >= 4 is 39.1 Å². The van der Waals surface area contributed by atoms with Crippen LogP contribution in [-0.4, -0.2) is 39.1 Å². The molecule has 5 rings (SSSR count). The Kier molecular flexibility index (Phi) is 4.71. The summed E-state index contributed by atoms with van der Waals surface area (Å²) in [5.41, 5.74) is 0.820. The van der Waals surface area contributed by atoms with Gasteiger partial charge >= 0.3 is 0 Å². The van der Waals surface area contributed by atoms with Gasteiger partial charge in [0.05, 0.1) is 18.7 Å². The lowest BCUT2D eigenvalue weighted by atomic mass is 9.96. The van der Waals surface area contributed by atoms with E-state index in [0.29, 0.717) is 27.3 Å². The maximum Gasteiger partial charge on any atom is 0.296 e. The Morgan fingerprint density at radius 1 is 1.25 bits per heavy atom. The molecule has 0 saturated heterocycles. The predicted octanol–water partition coefficient (Wildman–Crippen LogP) is 3.78. The first kappa shape index (κ1) is 19.9. The SMILES string of the molecule is COc1cccc2cc(C(=O)C3=C(O)C(=O)N(c4nnc(C)s4)C3c3cccnc3)oc12. The number of hydrogen-bond acceptors (Lipinski definition) is 9. The number of hydrogen-bond donors (Lipinski definition) is 1. The van der Waals surface area contributed by atoms with Gasteiger partial charge in [0, 0.05) is 17.8 Å². The zero-order chi connectivity index (χ0) is 22.4. The van der Waals surface area contributed by atoms with Gasteiger partial charge in [0.15, 0.2) is 22.9 Å². The smallest absolute Gasteiger partial charge is 0.296 e. The number of carbonyl (C=O) groups is 2. The standard InChI is InChI=1S/C22H16N4O5S/c1-11-24-25-22(32-11)26-17(13-6-4-8-23-10-13)16(19(28)21(26)29)18(27)15-9-12-5-3-7-14(30-2)20(12)31-15/h3-10,17,28H,1-2H3. The number of amides is 1. The van der Waals surface area contributed by atoms with Crippen LogP contribution in [0.4, 0.5) is 5.13 Å². The third-order valence-electron chi connectivity index (χ3n) is 5.13. The molecule has 4 aromatic rings. The molecule has 0 radical (unpaired) electrons. The number of pyridine rings is 1. The Balaban J connectivity index is 1.65. The first-order valence-electron chi connectivity index (χ1n) is 9.57. The molecular formula is C22H16N4O5S. The van der Waals surface area contributed by atoms with Crippen LogP contribution in [0.3, 0.4) is 0 Å². The summed E-state index contributed by atoms with van der Waals surface area (Å²) in [6, 6.07) is 9.30. The Hall–Kier alpha value is -4.05. The molecule has 1 atom stereocenters. The lowest BCUT2D eigenvalue weighted by Gasteiger charge is -2.23. The molecule has 10 heteroatoms. The number of aryl methyl sites for hydroxylation is 1. The predicted molar refractivity (Wildman–Crippen MR) is 116 cm³/mol. The second kappa shape index (κ2) is 7.57. The minimum absolute atomic E-state index is 0.0250. The summed E-state index contributed by atoms with van der Waals surface area (Å²) in [5, 5.41) is 20.3. The summed E-state index contributed by atoms with van der Waals surface area (Å²) in [4.78, 5) is 32.0. The van der Waals surface area contributed by atoms with Gasteiger partial charge in [-0.15, -0.1) is 10.2 Å². The quantitative estimate of drug-likeness (QED) is 0.458. The molecule has 3 aromatic heterocycles. The molecule has 9 nitrogen and oxygen atoms in total. The molecule has 1 amide bonds. The molecule has 0 fully saturated rings. The monoisotopic (exact) mass is 448 g/mol. The first-order valence-corrected chi connectivity index (χ1v) is 10.4. The van der Waals surface area contributed by atoms with E-state index in [1.165, 1.54) is 29.5 Å². The highest BCUT2D eigenvalue weighted by molar-refractivity contribution is 7.15. The van der Waals surface area contributed by atoms with E-state index in [4.69, 9.17) is 9.15 Å². The molecule has 1 aromatic carbocycles. The number of fused-ring (bicyclic) bond motifs is 1. The van der Waals surface area contributed by atoms with E-state index in [0.717, 1.165) is 0 Å². The average molecular weight is 448 g/mol. The minimum atomic E-state index is -0.939. The van der Waals surface area contributed by atoms with Crippen LogP contribution in [0.2, 0.25) is 0 Å². The Morgan fingerprint density at radius 3 is 2.78 bits per heavy atom. The van der Waals surface area contributed by atoms with Gasteiger partial charge in [-0.25, -0.2) is 0 Å². The molecule has 4 heterocycles. The highest BCUT2D eigenvalue weighted by Gasteiger charge is 2.46. The van der Waals surface area contributed by atoms with Crippen molar-refractivity contribution in [2.45, 2.75) is 13.0 Å². The van der Waals surface area contributed by atoms with Gasteiger partial charge in [0.2, 0.25) is 10.9 Å². The lowest BCUT2D eigenvalue weighted by Crippen LogP contribution is -2.31. The molecule has 1 unspecified atom stereocenters. The number of aliphatic hydroxyl groups is 1. The van der Waals surface area contributed by atoms with Crippen molar-refractivity contribution in [3.63, 3.8) is 0 Å². The van der Waals surface area contributed by atoms with E-state index >= 15 is 0 Å². The fourth-order valence-electron chi connectivity index (χ4n) is 3.71. The van der Waals surface area contributed by atoms with E-state index in [1.807, 2.05) is 0 Å². The van der Waals surface area contributed by atoms with Gasteiger partial charge in [0.1, 0.15) is 5.01 Å². The van der Waals surface area contributed by atoms with Crippen molar-refractivity contribution in [3.8, 4) is 5.75 Å². The number of benzene rings is 1. The molecule has 160 valence electrons. The molecule has 0 aliphatic carbocycles. The molecule has 1 N–H and O–H groups in total. The van der Waals surface area contributed by atoms with E-state index in [2.05, 4.69) is 15.2 Å². The van der Waals surface area contributed by atoms with E-state index in [1.54, 1.807) is 49.5 Å². The Labute approximate surface area is 185 Å². The Bertz CT molecular complexity index is 1390. The van der Waals surface area contributed by atoms with Gasteiger partial charge in [0.25, 0.3) is 5.91 Å². The van der Waals surface area contributed by atoms with Crippen LogP contribution in [0.5, 0.6) is 5.75 Å². The van der Waals surface area contributed by atoms with Crippen LogP contribution in [0.25, 0.3) is 11.0 Å². The summed E-state index contributed by atoms with van der Waals surface area (Å²) in [5.74, 6) is -1.58. The molecular weight excluding hydrogens is 432 g/mol. The topological polar surface area (TPSA) is 119 Å². The molecule has 0 saturated carbocycles. The number of aromatic nitrogens is 3. The number of carbonyl (C=O) groups excluding carboxylic acids is 2. The van der Waals surface area contributed by atoms with E-state index in [-0.39, 0.29) is 16.5 Å². The third kappa shape index (κ3) is 3.04. The zero-order valence-electron chi connectivity index (χ0n) is 17.0. The first-order chi connectivity index (χ1) is 15.5. The van der Waals surface area contributed by atoms with Crippen LogP contribution < -0.4 is 9.64 Å². The normalized spacial score (nSPS) is 16.2. The number of aliphatic hydroxyl groups excluding tert-OH is 1. The summed E-state index contributed by atoms with van der Waals surface area (Å²) in [6.45, 7) is 1.75. The number of ketones is 1. The molecule has 32 heavy (non-hydrogen) atoms. The van der Waals surface area contributed by atoms with Crippen molar-refractivity contribution in [1.29, 1.82) is 0 Å². The Morgan fingerprint density at radius 2 is 2.09 bits per heavy atom. The number of Topliss-reactive ketones (excluding diaryl/α,β-unsaturated/α-hetero) is 1. The second-order valence-corrected chi connectivity index (χ2v) is 8.21. The van der Waals surface area contributed by atoms with Crippen LogP contribution in [0.1, 0.15) is 27.2 Å². The second-order valence-electron chi connectivity index (χ2n) is 7.05. The molecule has 0 spiro atoms. The van der Waals surface area contributed by atoms with Gasteiger partial charge in [-0.05, 0) is 30.7 Å². The van der Waals surface area contributed by atoms with Crippen LogP contribution >= 0.6 is 11.3 Å². The van der Waals surface area contributed by atoms with Crippen molar-refractivity contribution < 1.29 is 23.8 Å². The van der Waals surface area contributed by atoms with Crippen molar-refractivity contribution in [3.05, 3.63) is 76.5 Å². The highest BCUT2D eigenvalue weighted by Crippen LogP contribution is 2.43. The largest absolute Gasteiger partial charge is 0.503 e. The number of para-hydroxylation sites is 1. The van der Waals surface area contributed by atoms with Gasteiger partial charge in [-0.1, -0.05) is 29.5 Å². The number of nitrogens with zero attached hydrogens (tertiary/aromatic N) is 4. The van der Waals surface area contributed by atoms with Crippen LogP contribution in [0, 0.1) is 6.92 Å². The lowest BCUT2D eigenvalue weighted by molar-refractivity contribution is -0.117. The summed E-state index contributed by atoms with van der Waals surface area (Å²) in [7, 11) is 1.50. The number of ether oxygens (including phenoxy) is 1. The highest BCUT2D eigenvalue weighted by atomic mass is 32.1. The van der Waals surface area contributed by atoms with Crippen molar-refractivity contribution in [1.82, 2.24) is 15.2 Å². The number of anilines is 1. The molecule has 1 aliphatic rings. The van der Waals surface area contributed by atoms with Gasteiger partial charge < -0.3 is 14.3 Å². The zero-order valence-corrected chi connectivity index (χ0v) is 17.8. The molecule has 0 bridgehead atoms. The van der Waals surface area contributed by atoms with Gasteiger partial charge in [-0.2, -0.15) is 0 Å². The van der Waals surface area contributed by atoms with Crippen LogP contribution in [0.15, 0.2) is 64.5 Å². The van der Waals surface area contributed by atoms with Crippen molar-refractivity contribution in [2.24, 2.45) is 0 Å². The number of methoxy groups -OCH3 is 1. The fourth-order valence-corrected chi connectivity index (χ4v) is 4.43.